The molecule has 0 amide bonds. The van der Waals surface area contributed by atoms with Gasteiger partial charge in [-0.3, -0.25) is 0 Å². The fraction of sp³-hybridized carbons (Fsp3) is 0.500. The number of hydrogen-bond acceptors (Lipinski definition) is 2. The van der Waals surface area contributed by atoms with Crippen molar-refractivity contribution in [2.75, 3.05) is 6.61 Å². The predicted octanol–water partition coefficient (Wildman–Crippen LogP) is 2.76. The van der Waals surface area contributed by atoms with Gasteiger partial charge in [0, 0.05) is 5.56 Å². The highest BCUT2D eigenvalue weighted by molar-refractivity contribution is 7.12. The van der Waals surface area contributed by atoms with Crippen molar-refractivity contribution in [3.8, 4) is 5.06 Å². The molecule has 0 saturated carbocycles. The van der Waals surface area contributed by atoms with Crippen LogP contribution in [0.5, 0.6) is 5.06 Å². The summed E-state index contributed by atoms with van der Waals surface area (Å²) in [5.41, 5.74) is 2.61. The molecule has 0 unspecified atom stereocenters. The maximum Gasteiger partial charge on any atom is 0.176 e. The van der Waals surface area contributed by atoms with Gasteiger partial charge in [-0.1, -0.05) is 0 Å². The number of hydrogen-bond donors (Lipinski definition) is 0. The van der Waals surface area contributed by atoms with Crippen LogP contribution in [0.25, 0.3) is 0 Å². The molecule has 10 heavy (non-hydrogen) atoms. The molecule has 1 aromatic rings. The first-order valence-corrected chi connectivity index (χ1v) is 4.31. The molecule has 0 radical (unpaired) electrons. The molecular weight excluding hydrogens is 144 g/mol. The Morgan fingerprint density at radius 2 is 2.20 bits per heavy atom. The van der Waals surface area contributed by atoms with Crippen LogP contribution in [0, 0.1) is 13.8 Å². The van der Waals surface area contributed by atoms with Crippen molar-refractivity contribution in [3.63, 3.8) is 0 Å². The third kappa shape index (κ3) is 1.32. The molecule has 0 bridgehead atoms. The predicted molar refractivity (Wildman–Crippen MR) is 45.0 cm³/mol. The molecule has 1 nitrogen and oxygen atoms in total. The van der Waals surface area contributed by atoms with Crippen LogP contribution in [0.1, 0.15) is 18.1 Å². The highest BCUT2D eigenvalue weighted by atomic mass is 32.1. The van der Waals surface area contributed by atoms with Crippen LogP contribution in [-0.2, 0) is 0 Å². The minimum atomic E-state index is 0.765. The summed E-state index contributed by atoms with van der Waals surface area (Å²) in [6.45, 7) is 6.97. The van der Waals surface area contributed by atoms with Gasteiger partial charge in [0.05, 0.1) is 6.61 Å². The van der Waals surface area contributed by atoms with Crippen LogP contribution >= 0.6 is 11.3 Å². The molecule has 2 heteroatoms. The van der Waals surface area contributed by atoms with Crippen LogP contribution in [0.4, 0.5) is 0 Å². The smallest absolute Gasteiger partial charge is 0.176 e. The third-order valence-corrected chi connectivity index (χ3v) is 2.63. The molecule has 0 aromatic carbocycles. The van der Waals surface area contributed by atoms with Crippen molar-refractivity contribution in [1.29, 1.82) is 0 Å². The lowest BCUT2D eigenvalue weighted by Crippen LogP contribution is -1.89. The molecule has 0 N–H and O–H groups in total. The van der Waals surface area contributed by atoms with Crippen LogP contribution in [0.15, 0.2) is 5.38 Å². The minimum absolute atomic E-state index is 0.765. The summed E-state index contributed by atoms with van der Waals surface area (Å²) in [7, 11) is 0. The van der Waals surface area contributed by atoms with Crippen LogP contribution in [0.2, 0.25) is 0 Å². The van der Waals surface area contributed by atoms with Crippen LogP contribution in [0.3, 0.4) is 0 Å². The van der Waals surface area contributed by atoms with E-state index in [9.17, 15) is 0 Å². The number of thiophene rings is 1. The van der Waals surface area contributed by atoms with Crippen LogP contribution < -0.4 is 4.74 Å². The van der Waals surface area contributed by atoms with Crippen molar-refractivity contribution < 1.29 is 4.74 Å². The van der Waals surface area contributed by atoms with E-state index in [1.165, 1.54) is 11.1 Å². The molecule has 0 atom stereocenters. The Hall–Kier alpha value is -0.500. The fourth-order valence-electron chi connectivity index (χ4n) is 0.753. The van der Waals surface area contributed by atoms with E-state index < -0.39 is 0 Å². The number of rotatable bonds is 2. The van der Waals surface area contributed by atoms with Gasteiger partial charge in [-0.05, 0) is 31.7 Å². The summed E-state index contributed by atoms with van der Waals surface area (Å²) < 4.78 is 5.38. The zero-order valence-electron chi connectivity index (χ0n) is 6.60. The van der Waals surface area contributed by atoms with E-state index >= 15 is 0 Å². The van der Waals surface area contributed by atoms with Crippen molar-refractivity contribution in [2.24, 2.45) is 0 Å². The third-order valence-electron chi connectivity index (χ3n) is 1.52. The molecule has 0 aliphatic rings. The van der Waals surface area contributed by atoms with E-state index in [1.54, 1.807) is 11.3 Å². The Balaban J connectivity index is 2.83. The maximum atomic E-state index is 5.38. The van der Waals surface area contributed by atoms with Gasteiger partial charge in [0.1, 0.15) is 0 Å². The molecule has 0 fully saturated rings. The van der Waals surface area contributed by atoms with Gasteiger partial charge in [0.15, 0.2) is 5.06 Å². The lowest BCUT2D eigenvalue weighted by molar-refractivity contribution is 0.348. The Morgan fingerprint density at radius 3 is 2.60 bits per heavy atom. The van der Waals surface area contributed by atoms with Gasteiger partial charge in [0.2, 0.25) is 0 Å². The molecule has 1 heterocycles. The lowest BCUT2D eigenvalue weighted by Gasteiger charge is -1.99. The Labute approximate surface area is 65.6 Å². The zero-order chi connectivity index (χ0) is 7.56. The number of aryl methyl sites for hydroxylation is 1. The monoisotopic (exact) mass is 156 g/mol. The van der Waals surface area contributed by atoms with Gasteiger partial charge in [-0.15, -0.1) is 11.3 Å². The summed E-state index contributed by atoms with van der Waals surface area (Å²) in [5.74, 6) is 0. The lowest BCUT2D eigenvalue weighted by atomic mass is 10.2. The summed E-state index contributed by atoms with van der Waals surface area (Å²) in [6, 6.07) is 0. The van der Waals surface area contributed by atoms with Crippen molar-refractivity contribution in [3.05, 3.63) is 16.5 Å². The zero-order valence-corrected chi connectivity index (χ0v) is 7.42. The van der Waals surface area contributed by atoms with Crippen LogP contribution in [-0.4, -0.2) is 6.61 Å². The molecular formula is C8H12OS. The van der Waals surface area contributed by atoms with Gasteiger partial charge < -0.3 is 4.74 Å². The average molecular weight is 156 g/mol. The van der Waals surface area contributed by atoms with Gasteiger partial charge in [-0.25, -0.2) is 0 Å². The summed E-state index contributed by atoms with van der Waals surface area (Å²) in [4.78, 5) is 0. The number of ether oxygens (including phenoxy) is 1. The minimum Gasteiger partial charge on any atom is -0.484 e. The van der Waals surface area contributed by atoms with Crippen molar-refractivity contribution in [2.45, 2.75) is 20.8 Å². The second-order valence-electron chi connectivity index (χ2n) is 2.26. The molecule has 0 spiro atoms. The van der Waals surface area contributed by atoms with E-state index in [0.717, 1.165) is 11.7 Å². The quantitative estimate of drug-likeness (QED) is 0.639. The molecule has 0 aliphatic carbocycles. The molecule has 56 valence electrons. The van der Waals surface area contributed by atoms with Gasteiger partial charge in [0.25, 0.3) is 0 Å². The first kappa shape index (κ1) is 7.61. The molecule has 0 aliphatic heterocycles. The Morgan fingerprint density at radius 1 is 1.50 bits per heavy atom. The molecule has 0 saturated heterocycles. The summed E-state index contributed by atoms with van der Waals surface area (Å²) >= 11 is 1.68. The first-order chi connectivity index (χ1) is 4.75. The SMILES string of the molecule is CCOc1scc(C)c1C. The van der Waals surface area contributed by atoms with E-state index in [-0.39, 0.29) is 0 Å². The van der Waals surface area contributed by atoms with E-state index in [2.05, 4.69) is 19.2 Å². The normalized spacial score (nSPS) is 9.90. The van der Waals surface area contributed by atoms with E-state index in [0.29, 0.717) is 0 Å². The second kappa shape index (κ2) is 3.06. The van der Waals surface area contributed by atoms with E-state index in [4.69, 9.17) is 4.74 Å². The van der Waals surface area contributed by atoms with Crippen molar-refractivity contribution >= 4 is 11.3 Å². The fourth-order valence-corrected chi connectivity index (χ4v) is 1.74. The Kier molecular flexibility index (Phi) is 2.33. The standard InChI is InChI=1S/C8H12OS/c1-4-9-8-7(3)6(2)5-10-8/h5H,4H2,1-3H3. The topological polar surface area (TPSA) is 9.23 Å². The highest BCUT2D eigenvalue weighted by Crippen LogP contribution is 2.28. The van der Waals surface area contributed by atoms with Gasteiger partial charge >= 0.3 is 0 Å². The molecule has 1 aromatic heterocycles. The Bertz CT molecular complexity index is 215. The summed E-state index contributed by atoms with van der Waals surface area (Å²) in [6.07, 6.45) is 0. The molecule has 1 rings (SSSR count). The van der Waals surface area contributed by atoms with Gasteiger partial charge in [-0.2, -0.15) is 0 Å². The first-order valence-electron chi connectivity index (χ1n) is 3.43. The van der Waals surface area contributed by atoms with Crippen molar-refractivity contribution in [1.82, 2.24) is 0 Å². The maximum absolute atomic E-state index is 5.38. The highest BCUT2D eigenvalue weighted by Gasteiger charge is 2.02. The van der Waals surface area contributed by atoms with E-state index in [1.807, 2.05) is 6.92 Å². The summed E-state index contributed by atoms with van der Waals surface area (Å²) in [5, 5.41) is 3.19. The largest absolute Gasteiger partial charge is 0.484 e. The second-order valence-corrected chi connectivity index (χ2v) is 3.11. The average Bonchev–Trinajstić information content (AvgIpc) is 2.20.